The highest BCUT2D eigenvalue weighted by molar-refractivity contribution is 6.67. The Balaban J connectivity index is 0.000000437. The molecule has 1 amide bonds. The second-order valence-corrected chi connectivity index (χ2v) is 4.39. The Morgan fingerprint density at radius 2 is 1.53 bits per heavy atom. The molecule has 4 nitrogen and oxygen atoms in total. The topological polar surface area (TPSA) is 40.6 Å². The molecule has 1 rings (SSSR count). The van der Waals surface area contributed by atoms with Crippen molar-refractivity contribution in [2.75, 3.05) is 44.5 Å². The SMILES string of the molecule is CCN1CCN(C(=O)CCl)CC1.O=C(Cl)CCl. The van der Waals surface area contributed by atoms with E-state index in [4.69, 9.17) is 34.8 Å². The Hall–Kier alpha value is -0.0300. The van der Waals surface area contributed by atoms with Gasteiger partial charge in [0.15, 0.2) is 0 Å². The summed E-state index contributed by atoms with van der Waals surface area (Å²) in [6.07, 6.45) is 0. The fraction of sp³-hybridized carbons (Fsp3) is 0.800. The first kappa shape index (κ1) is 17.0. The summed E-state index contributed by atoms with van der Waals surface area (Å²) in [5.41, 5.74) is 0. The number of nitrogens with zero attached hydrogens (tertiary/aromatic N) is 2. The predicted molar refractivity (Wildman–Crippen MR) is 71.0 cm³/mol. The summed E-state index contributed by atoms with van der Waals surface area (Å²) in [6.45, 7) is 6.85. The Kier molecular flexibility index (Phi) is 9.93. The molecule has 0 aromatic rings. The van der Waals surface area contributed by atoms with Crippen LogP contribution < -0.4 is 0 Å². The monoisotopic (exact) mass is 302 g/mol. The van der Waals surface area contributed by atoms with Crippen molar-refractivity contribution in [3.8, 4) is 0 Å². The minimum atomic E-state index is -0.508. The van der Waals surface area contributed by atoms with Gasteiger partial charge in [0, 0.05) is 26.2 Å². The molecule has 0 atom stereocenters. The molecule has 1 aliphatic rings. The molecule has 0 aliphatic carbocycles. The Labute approximate surface area is 117 Å². The van der Waals surface area contributed by atoms with Crippen molar-refractivity contribution < 1.29 is 9.59 Å². The lowest BCUT2D eigenvalue weighted by molar-refractivity contribution is -0.130. The highest BCUT2D eigenvalue weighted by Crippen LogP contribution is 2.01. The summed E-state index contributed by atoms with van der Waals surface area (Å²) < 4.78 is 0. The Morgan fingerprint density at radius 3 is 1.82 bits per heavy atom. The van der Waals surface area contributed by atoms with Crippen molar-refractivity contribution in [3.05, 3.63) is 0 Å². The summed E-state index contributed by atoms with van der Waals surface area (Å²) >= 11 is 15.0. The number of alkyl halides is 2. The fourth-order valence-corrected chi connectivity index (χ4v) is 1.57. The number of piperazine rings is 1. The van der Waals surface area contributed by atoms with Crippen LogP contribution in [0.25, 0.3) is 0 Å². The molecular formula is C10H17Cl3N2O2. The lowest BCUT2D eigenvalue weighted by Gasteiger charge is -2.33. The third kappa shape index (κ3) is 7.82. The van der Waals surface area contributed by atoms with Gasteiger partial charge in [-0.3, -0.25) is 9.59 Å². The average molecular weight is 304 g/mol. The van der Waals surface area contributed by atoms with Gasteiger partial charge in [0.25, 0.3) is 0 Å². The first-order valence-corrected chi connectivity index (χ1v) is 6.80. The van der Waals surface area contributed by atoms with Crippen molar-refractivity contribution >= 4 is 46.0 Å². The summed E-state index contributed by atoms with van der Waals surface area (Å²) in [5, 5.41) is -0.508. The molecule has 100 valence electrons. The van der Waals surface area contributed by atoms with E-state index in [1.807, 2.05) is 4.90 Å². The molecule has 0 N–H and O–H groups in total. The molecule has 1 saturated heterocycles. The number of likely N-dealkylation sites (N-methyl/N-ethyl adjacent to an activating group) is 1. The maximum Gasteiger partial charge on any atom is 0.237 e. The van der Waals surface area contributed by atoms with Crippen LogP contribution in [-0.4, -0.2) is 65.4 Å². The van der Waals surface area contributed by atoms with Gasteiger partial charge < -0.3 is 9.80 Å². The van der Waals surface area contributed by atoms with Crippen LogP contribution in [0.1, 0.15) is 6.92 Å². The Bertz CT molecular complexity index is 244. The largest absolute Gasteiger partial charge is 0.339 e. The quantitative estimate of drug-likeness (QED) is 0.584. The first-order valence-electron chi connectivity index (χ1n) is 5.35. The molecule has 1 aliphatic heterocycles. The van der Waals surface area contributed by atoms with Crippen molar-refractivity contribution in [2.24, 2.45) is 0 Å². The molecule has 0 spiro atoms. The van der Waals surface area contributed by atoms with Crippen LogP contribution >= 0.6 is 34.8 Å². The van der Waals surface area contributed by atoms with Crippen LogP contribution in [0.15, 0.2) is 0 Å². The van der Waals surface area contributed by atoms with E-state index in [1.54, 1.807) is 0 Å². The van der Waals surface area contributed by atoms with E-state index in [-0.39, 0.29) is 17.7 Å². The zero-order valence-electron chi connectivity index (χ0n) is 9.79. The van der Waals surface area contributed by atoms with Crippen molar-refractivity contribution in [1.82, 2.24) is 9.80 Å². The Morgan fingerprint density at radius 1 is 1.06 bits per heavy atom. The molecular weight excluding hydrogens is 286 g/mol. The minimum Gasteiger partial charge on any atom is -0.339 e. The number of amides is 1. The minimum absolute atomic E-state index is 0.0624. The van der Waals surface area contributed by atoms with Crippen LogP contribution in [0.5, 0.6) is 0 Å². The summed E-state index contributed by atoms with van der Waals surface area (Å²) in [7, 11) is 0. The third-order valence-electron chi connectivity index (χ3n) is 2.39. The van der Waals surface area contributed by atoms with Crippen LogP contribution in [0.3, 0.4) is 0 Å². The number of hydrogen-bond acceptors (Lipinski definition) is 3. The standard InChI is InChI=1S/C8H15ClN2O.C2H2Cl2O/c1-2-10-3-5-11(6-4-10)8(12)7-9;3-1-2(4)5/h2-7H2,1H3;1H2. The highest BCUT2D eigenvalue weighted by Gasteiger charge is 2.18. The van der Waals surface area contributed by atoms with E-state index >= 15 is 0 Å². The number of hydrogen-bond donors (Lipinski definition) is 0. The fourth-order valence-electron chi connectivity index (χ4n) is 1.40. The van der Waals surface area contributed by atoms with E-state index in [2.05, 4.69) is 11.8 Å². The molecule has 7 heteroatoms. The molecule has 0 unspecified atom stereocenters. The smallest absolute Gasteiger partial charge is 0.237 e. The van der Waals surface area contributed by atoms with Crippen LogP contribution in [0.4, 0.5) is 0 Å². The predicted octanol–water partition coefficient (Wildman–Crippen LogP) is 1.38. The highest BCUT2D eigenvalue weighted by atomic mass is 35.5. The van der Waals surface area contributed by atoms with Crippen molar-refractivity contribution in [1.29, 1.82) is 0 Å². The molecule has 0 aromatic heterocycles. The molecule has 0 aromatic carbocycles. The lowest BCUT2D eigenvalue weighted by Crippen LogP contribution is -2.48. The van der Waals surface area contributed by atoms with Crippen LogP contribution in [-0.2, 0) is 9.59 Å². The second kappa shape index (κ2) is 9.95. The first-order chi connectivity index (χ1) is 8.04. The maximum atomic E-state index is 11.1. The summed E-state index contributed by atoms with van der Waals surface area (Å²) in [6, 6.07) is 0. The van der Waals surface area contributed by atoms with Crippen molar-refractivity contribution in [2.45, 2.75) is 6.92 Å². The van der Waals surface area contributed by atoms with E-state index in [0.29, 0.717) is 0 Å². The van der Waals surface area contributed by atoms with E-state index in [0.717, 1.165) is 32.7 Å². The van der Waals surface area contributed by atoms with Gasteiger partial charge in [-0.25, -0.2) is 0 Å². The number of carbonyl (C=O) groups is 2. The maximum absolute atomic E-state index is 11.1. The van der Waals surface area contributed by atoms with Gasteiger partial charge in [-0.1, -0.05) is 6.92 Å². The molecule has 0 bridgehead atoms. The molecule has 1 fully saturated rings. The molecule has 0 saturated carbocycles. The van der Waals surface area contributed by atoms with Gasteiger partial charge in [0.2, 0.25) is 11.1 Å². The van der Waals surface area contributed by atoms with E-state index in [9.17, 15) is 9.59 Å². The average Bonchev–Trinajstić information content (AvgIpc) is 2.38. The number of carbonyl (C=O) groups excluding carboxylic acids is 2. The lowest BCUT2D eigenvalue weighted by atomic mass is 10.3. The second-order valence-electron chi connectivity index (χ2n) is 3.44. The zero-order chi connectivity index (χ0) is 13.3. The summed E-state index contributed by atoms with van der Waals surface area (Å²) in [5.74, 6) is 0.0839. The number of rotatable bonds is 3. The van der Waals surface area contributed by atoms with Gasteiger partial charge in [0.1, 0.15) is 5.88 Å². The van der Waals surface area contributed by atoms with Crippen LogP contribution in [0, 0.1) is 0 Å². The van der Waals surface area contributed by atoms with Gasteiger partial charge in [-0.05, 0) is 18.1 Å². The van der Waals surface area contributed by atoms with Gasteiger partial charge in [-0.15, -0.1) is 23.2 Å². The van der Waals surface area contributed by atoms with Crippen molar-refractivity contribution in [3.63, 3.8) is 0 Å². The third-order valence-corrected chi connectivity index (χ3v) is 3.13. The zero-order valence-corrected chi connectivity index (χ0v) is 12.1. The number of halogens is 3. The molecule has 17 heavy (non-hydrogen) atoms. The normalized spacial score (nSPS) is 16.1. The molecule has 1 heterocycles. The van der Waals surface area contributed by atoms with Gasteiger partial charge >= 0.3 is 0 Å². The van der Waals surface area contributed by atoms with E-state index in [1.165, 1.54) is 0 Å². The molecule has 0 radical (unpaired) electrons. The van der Waals surface area contributed by atoms with Gasteiger partial charge in [-0.2, -0.15) is 0 Å². The van der Waals surface area contributed by atoms with Gasteiger partial charge in [0.05, 0.1) is 5.88 Å². The summed E-state index contributed by atoms with van der Waals surface area (Å²) in [4.78, 5) is 24.7. The van der Waals surface area contributed by atoms with E-state index < -0.39 is 5.24 Å². The van der Waals surface area contributed by atoms with Crippen LogP contribution in [0.2, 0.25) is 0 Å².